The molecule has 7 heteroatoms. The standard InChI is InChI=1S/C14H12BrFN2O3/c15-13-10(4-2-6-12(13)18(19)20)8-21-14-9(7-17)3-1-5-11(14)16/h1-6H,7-8,17H2. The Hall–Kier alpha value is -1.99. The average molecular weight is 355 g/mol. The molecule has 0 heterocycles. The quantitative estimate of drug-likeness (QED) is 0.657. The van der Waals surface area contributed by atoms with Gasteiger partial charge in [-0.2, -0.15) is 0 Å². The van der Waals surface area contributed by atoms with E-state index in [0.29, 0.717) is 15.6 Å². The zero-order valence-corrected chi connectivity index (χ0v) is 12.5. The van der Waals surface area contributed by atoms with E-state index in [0.717, 1.165) is 0 Å². The zero-order chi connectivity index (χ0) is 15.4. The molecule has 0 spiro atoms. The summed E-state index contributed by atoms with van der Waals surface area (Å²) in [4.78, 5) is 10.4. The number of benzene rings is 2. The lowest BCUT2D eigenvalue weighted by atomic mass is 10.2. The lowest BCUT2D eigenvalue weighted by Crippen LogP contribution is -2.05. The summed E-state index contributed by atoms with van der Waals surface area (Å²) >= 11 is 3.17. The van der Waals surface area contributed by atoms with Gasteiger partial charge >= 0.3 is 0 Å². The third-order valence-corrected chi connectivity index (χ3v) is 3.81. The number of rotatable bonds is 5. The second-order valence-electron chi connectivity index (χ2n) is 4.23. The van der Waals surface area contributed by atoms with Gasteiger partial charge in [0.2, 0.25) is 0 Å². The van der Waals surface area contributed by atoms with Crippen LogP contribution in [0.25, 0.3) is 0 Å². The normalized spacial score (nSPS) is 10.4. The first-order valence-electron chi connectivity index (χ1n) is 6.06. The van der Waals surface area contributed by atoms with E-state index in [2.05, 4.69) is 15.9 Å². The number of nitrogens with zero attached hydrogens (tertiary/aromatic N) is 1. The molecule has 0 saturated carbocycles. The fourth-order valence-electron chi connectivity index (χ4n) is 1.84. The fourth-order valence-corrected chi connectivity index (χ4v) is 2.37. The van der Waals surface area contributed by atoms with Crippen LogP contribution in [0, 0.1) is 15.9 Å². The Morgan fingerprint density at radius 2 is 1.90 bits per heavy atom. The number of hydrogen-bond donors (Lipinski definition) is 1. The summed E-state index contributed by atoms with van der Waals surface area (Å²) in [6.45, 7) is 0.138. The van der Waals surface area contributed by atoms with Gasteiger partial charge in [-0.1, -0.05) is 24.3 Å². The Morgan fingerprint density at radius 3 is 2.57 bits per heavy atom. The Kier molecular flexibility index (Phi) is 4.87. The van der Waals surface area contributed by atoms with Crippen molar-refractivity contribution in [2.75, 3.05) is 0 Å². The molecule has 0 bridgehead atoms. The van der Waals surface area contributed by atoms with Crippen LogP contribution in [0.4, 0.5) is 10.1 Å². The Bertz CT molecular complexity index is 679. The van der Waals surface area contributed by atoms with Crippen LogP contribution in [0.5, 0.6) is 5.75 Å². The maximum absolute atomic E-state index is 13.7. The summed E-state index contributed by atoms with van der Waals surface area (Å²) in [5, 5.41) is 10.9. The van der Waals surface area contributed by atoms with E-state index in [-0.39, 0.29) is 24.6 Å². The second kappa shape index (κ2) is 6.64. The average Bonchev–Trinajstić information content (AvgIpc) is 2.46. The van der Waals surface area contributed by atoms with Crippen LogP contribution < -0.4 is 10.5 Å². The van der Waals surface area contributed by atoms with Crippen LogP contribution >= 0.6 is 15.9 Å². The maximum atomic E-state index is 13.7. The van der Waals surface area contributed by atoms with E-state index in [4.69, 9.17) is 10.5 Å². The molecule has 0 aliphatic heterocycles. The molecule has 0 aliphatic carbocycles. The highest BCUT2D eigenvalue weighted by Crippen LogP contribution is 2.30. The Balaban J connectivity index is 2.25. The molecule has 0 aliphatic rings. The molecule has 0 fully saturated rings. The molecule has 2 rings (SSSR count). The van der Waals surface area contributed by atoms with Gasteiger partial charge in [0.1, 0.15) is 11.1 Å². The van der Waals surface area contributed by atoms with Gasteiger partial charge < -0.3 is 10.5 Å². The number of nitro groups is 1. The smallest absolute Gasteiger partial charge is 0.283 e. The highest BCUT2D eigenvalue weighted by atomic mass is 79.9. The van der Waals surface area contributed by atoms with Crippen molar-refractivity contribution in [3.63, 3.8) is 0 Å². The molecule has 2 aromatic carbocycles. The van der Waals surface area contributed by atoms with Crippen molar-refractivity contribution in [2.24, 2.45) is 5.73 Å². The van der Waals surface area contributed by atoms with Crippen molar-refractivity contribution in [2.45, 2.75) is 13.2 Å². The first-order valence-corrected chi connectivity index (χ1v) is 6.86. The van der Waals surface area contributed by atoms with E-state index in [9.17, 15) is 14.5 Å². The summed E-state index contributed by atoms with van der Waals surface area (Å²) in [6, 6.07) is 9.08. The molecule has 21 heavy (non-hydrogen) atoms. The van der Waals surface area contributed by atoms with Gasteiger partial charge in [-0.05, 0) is 22.0 Å². The summed E-state index contributed by atoms with van der Waals surface area (Å²) in [7, 11) is 0. The SMILES string of the molecule is NCc1cccc(F)c1OCc1cccc([N+](=O)[O-])c1Br. The van der Waals surface area contributed by atoms with Crippen molar-refractivity contribution in [1.29, 1.82) is 0 Å². The van der Waals surface area contributed by atoms with Crippen LogP contribution in [0.15, 0.2) is 40.9 Å². The lowest BCUT2D eigenvalue weighted by molar-refractivity contribution is -0.385. The first-order chi connectivity index (χ1) is 10.0. The molecule has 0 aromatic heterocycles. The summed E-state index contributed by atoms with van der Waals surface area (Å²) < 4.78 is 19.5. The Labute approximate surface area is 128 Å². The summed E-state index contributed by atoms with van der Waals surface area (Å²) in [5.41, 5.74) is 6.56. The van der Waals surface area contributed by atoms with Crippen molar-refractivity contribution in [1.82, 2.24) is 0 Å². The predicted octanol–water partition coefficient (Wildman–Crippen LogP) is 3.53. The van der Waals surface area contributed by atoms with E-state index in [1.807, 2.05) is 0 Å². The molecule has 2 aromatic rings. The van der Waals surface area contributed by atoms with Gasteiger partial charge in [-0.25, -0.2) is 4.39 Å². The molecule has 2 N–H and O–H groups in total. The predicted molar refractivity (Wildman–Crippen MR) is 79.4 cm³/mol. The Morgan fingerprint density at radius 1 is 1.24 bits per heavy atom. The summed E-state index contributed by atoms with van der Waals surface area (Å²) in [5.74, 6) is -0.446. The summed E-state index contributed by atoms with van der Waals surface area (Å²) in [6.07, 6.45) is 0. The minimum atomic E-state index is -0.514. The van der Waals surface area contributed by atoms with Crippen LogP contribution in [0.1, 0.15) is 11.1 Å². The number of nitro benzene ring substituents is 1. The monoisotopic (exact) mass is 354 g/mol. The van der Waals surface area contributed by atoms with E-state index in [1.165, 1.54) is 12.1 Å². The topological polar surface area (TPSA) is 78.4 Å². The van der Waals surface area contributed by atoms with Gasteiger partial charge in [0.15, 0.2) is 11.6 Å². The number of ether oxygens (including phenoxy) is 1. The van der Waals surface area contributed by atoms with Gasteiger partial charge in [-0.3, -0.25) is 10.1 Å². The minimum absolute atomic E-state index is 0.00377. The minimum Gasteiger partial charge on any atom is -0.485 e. The number of para-hydroxylation sites is 1. The van der Waals surface area contributed by atoms with Crippen molar-refractivity contribution < 1.29 is 14.1 Å². The molecule has 0 radical (unpaired) electrons. The number of halogens is 2. The van der Waals surface area contributed by atoms with Gasteiger partial charge in [0.25, 0.3) is 5.69 Å². The molecule has 110 valence electrons. The van der Waals surface area contributed by atoms with Crippen LogP contribution in [0.2, 0.25) is 0 Å². The number of hydrogen-bond acceptors (Lipinski definition) is 4. The highest BCUT2D eigenvalue weighted by Gasteiger charge is 2.16. The highest BCUT2D eigenvalue weighted by molar-refractivity contribution is 9.10. The molecule has 0 saturated heterocycles. The van der Waals surface area contributed by atoms with Gasteiger partial charge in [0, 0.05) is 23.7 Å². The van der Waals surface area contributed by atoms with Crippen LogP contribution in [-0.2, 0) is 13.2 Å². The zero-order valence-electron chi connectivity index (χ0n) is 10.9. The number of nitrogens with two attached hydrogens (primary N) is 1. The van der Waals surface area contributed by atoms with E-state index in [1.54, 1.807) is 24.3 Å². The fraction of sp³-hybridized carbons (Fsp3) is 0.143. The van der Waals surface area contributed by atoms with Gasteiger partial charge in [0.05, 0.1) is 4.92 Å². The first kappa shape index (κ1) is 15.4. The van der Waals surface area contributed by atoms with Crippen molar-refractivity contribution >= 4 is 21.6 Å². The molecular weight excluding hydrogens is 343 g/mol. The van der Waals surface area contributed by atoms with Crippen LogP contribution in [0.3, 0.4) is 0 Å². The third-order valence-electron chi connectivity index (χ3n) is 2.90. The van der Waals surface area contributed by atoms with Crippen molar-refractivity contribution in [3.05, 3.63) is 67.9 Å². The maximum Gasteiger partial charge on any atom is 0.283 e. The molecule has 0 unspecified atom stereocenters. The molecule has 0 amide bonds. The van der Waals surface area contributed by atoms with E-state index < -0.39 is 10.7 Å². The van der Waals surface area contributed by atoms with Gasteiger partial charge in [-0.15, -0.1) is 0 Å². The third kappa shape index (κ3) is 3.37. The largest absolute Gasteiger partial charge is 0.485 e. The molecule has 5 nitrogen and oxygen atoms in total. The molecule has 0 atom stereocenters. The lowest BCUT2D eigenvalue weighted by Gasteiger charge is -2.12. The molecular formula is C14H12BrFN2O3. The second-order valence-corrected chi connectivity index (χ2v) is 5.02. The van der Waals surface area contributed by atoms with Crippen molar-refractivity contribution in [3.8, 4) is 5.75 Å². The van der Waals surface area contributed by atoms with E-state index >= 15 is 0 Å². The van der Waals surface area contributed by atoms with Crippen LogP contribution in [-0.4, -0.2) is 4.92 Å².